The Morgan fingerprint density at radius 1 is 1.10 bits per heavy atom. The van der Waals surface area contributed by atoms with E-state index in [1.165, 1.54) is 30.5 Å². The van der Waals surface area contributed by atoms with Crippen molar-refractivity contribution in [2.75, 3.05) is 16.9 Å². The molecule has 0 atom stereocenters. The van der Waals surface area contributed by atoms with E-state index in [0.717, 1.165) is 0 Å². The summed E-state index contributed by atoms with van der Waals surface area (Å²) in [6.45, 7) is 4.24. The molecule has 0 spiro atoms. The van der Waals surface area contributed by atoms with Gasteiger partial charge in [0.2, 0.25) is 5.91 Å². The van der Waals surface area contributed by atoms with Crippen LogP contribution in [0.15, 0.2) is 42.6 Å². The molecule has 0 aliphatic carbocycles. The van der Waals surface area contributed by atoms with Gasteiger partial charge in [-0.05, 0) is 36.1 Å². The highest BCUT2D eigenvalue weighted by molar-refractivity contribution is 7.79. The molecular formula is C20H26F3N3O4S. The van der Waals surface area contributed by atoms with Crippen LogP contribution in [0.2, 0.25) is 0 Å². The van der Waals surface area contributed by atoms with E-state index in [1.807, 2.05) is 13.8 Å². The molecule has 3 N–H and O–H groups in total. The number of hydrogen-bond donors (Lipinski definition) is 4. The number of carboxylic acid groups (broad SMARTS) is 1. The van der Waals surface area contributed by atoms with Crippen LogP contribution in [0.3, 0.4) is 0 Å². The van der Waals surface area contributed by atoms with Gasteiger partial charge < -0.3 is 20.5 Å². The first-order chi connectivity index (χ1) is 14.7. The molecule has 0 unspecified atom stereocenters. The number of aromatic nitrogens is 1. The van der Waals surface area contributed by atoms with E-state index in [4.69, 9.17) is 5.11 Å². The largest absolute Gasteiger partial charge is 0.573 e. The van der Waals surface area contributed by atoms with Gasteiger partial charge in [-0.2, -0.15) is 12.6 Å². The molecule has 1 heterocycles. The molecule has 1 aromatic heterocycles. The van der Waals surface area contributed by atoms with E-state index >= 15 is 0 Å². The standard InChI is InChI=1S/C17H16F3N3O4.C2H6.CH4S/c18-17(19,20)27-12-5-3-11(4-6-12)10-22-16-13(2-1-9-21-16)23-14(24)7-8-15(25)26;2*1-2/h1-6,9H,7-8,10H2,(H,21,22)(H,23,24)(H,25,26);1-2H3;2H,1H3. The number of nitrogens with one attached hydrogen (secondary N) is 2. The number of anilines is 2. The van der Waals surface area contributed by atoms with Gasteiger partial charge in [-0.15, -0.1) is 13.2 Å². The molecule has 172 valence electrons. The van der Waals surface area contributed by atoms with Crippen LogP contribution in [0.5, 0.6) is 5.75 Å². The Bertz CT molecular complexity index is 803. The van der Waals surface area contributed by atoms with Crippen LogP contribution in [-0.2, 0) is 16.1 Å². The van der Waals surface area contributed by atoms with Gasteiger partial charge >= 0.3 is 12.3 Å². The van der Waals surface area contributed by atoms with Crippen LogP contribution in [0.1, 0.15) is 32.3 Å². The van der Waals surface area contributed by atoms with Crippen LogP contribution >= 0.6 is 12.6 Å². The number of halogens is 3. The molecule has 0 aliphatic heterocycles. The van der Waals surface area contributed by atoms with Gasteiger partial charge in [0.05, 0.1) is 12.1 Å². The zero-order chi connectivity index (χ0) is 23.9. The third kappa shape index (κ3) is 12.4. The number of carbonyl (C=O) groups excluding carboxylic acids is 1. The van der Waals surface area contributed by atoms with Crippen molar-refractivity contribution in [2.45, 2.75) is 39.6 Å². The van der Waals surface area contributed by atoms with E-state index in [9.17, 15) is 22.8 Å². The van der Waals surface area contributed by atoms with E-state index in [1.54, 1.807) is 18.4 Å². The predicted octanol–water partition coefficient (Wildman–Crippen LogP) is 4.97. The summed E-state index contributed by atoms with van der Waals surface area (Å²) in [6.07, 6.45) is -2.03. The summed E-state index contributed by atoms with van der Waals surface area (Å²) in [4.78, 5) is 26.4. The predicted molar refractivity (Wildman–Crippen MR) is 116 cm³/mol. The molecule has 0 saturated carbocycles. The average Bonchev–Trinajstić information content (AvgIpc) is 2.74. The lowest BCUT2D eigenvalue weighted by Gasteiger charge is -2.12. The van der Waals surface area contributed by atoms with Gasteiger partial charge in [0.1, 0.15) is 11.6 Å². The number of thiol groups is 1. The molecule has 1 aromatic carbocycles. The topological polar surface area (TPSA) is 101 Å². The minimum Gasteiger partial charge on any atom is -0.481 e. The van der Waals surface area contributed by atoms with Gasteiger partial charge in [0, 0.05) is 19.2 Å². The molecule has 0 fully saturated rings. The number of amides is 1. The molecule has 0 saturated heterocycles. The number of aliphatic carboxylic acids is 1. The summed E-state index contributed by atoms with van der Waals surface area (Å²) < 4.78 is 40.2. The maximum atomic E-state index is 12.1. The lowest BCUT2D eigenvalue weighted by molar-refractivity contribution is -0.274. The van der Waals surface area contributed by atoms with Gasteiger partial charge in [0.15, 0.2) is 0 Å². The zero-order valence-corrected chi connectivity index (χ0v) is 18.3. The van der Waals surface area contributed by atoms with Crippen LogP contribution in [0.4, 0.5) is 24.7 Å². The quantitative estimate of drug-likeness (QED) is 0.414. The Labute approximate surface area is 184 Å². The highest BCUT2D eigenvalue weighted by Crippen LogP contribution is 2.23. The summed E-state index contributed by atoms with van der Waals surface area (Å²) in [6, 6.07) is 8.49. The molecule has 1 amide bonds. The monoisotopic (exact) mass is 461 g/mol. The number of hydrogen-bond acceptors (Lipinski definition) is 6. The van der Waals surface area contributed by atoms with Crippen molar-refractivity contribution in [2.24, 2.45) is 0 Å². The second kappa shape index (κ2) is 14.9. The molecule has 31 heavy (non-hydrogen) atoms. The third-order valence-corrected chi connectivity index (χ3v) is 3.26. The van der Waals surface area contributed by atoms with Crippen molar-refractivity contribution < 1.29 is 32.6 Å². The Morgan fingerprint density at radius 2 is 1.71 bits per heavy atom. The average molecular weight is 462 g/mol. The summed E-state index contributed by atoms with van der Waals surface area (Å²) in [5.41, 5.74) is 1.03. The first kappa shape index (κ1) is 28.1. The number of pyridine rings is 1. The van der Waals surface area contributed by atoms with E-state index in [0.29, 0.717) is 17.1 Å². The Hall–Kier alpha value is -2.95. The molecule has 0 radical (unpaired) electrons. The van der Waals surface area contributed by atoms with Gasteiger partial charge in [-0.3, -0.25) is 9.59 Å². The van der Waals surface area contributed by atoms with Crippen molar-refractivity contribution in [3.63, 3.8) is 0 Å². The van der Waals surface area contributed by atoms with E-state index < -0.39 is 18.2 Å². The maximum Gasteiger partial charge on any atom is 0.573 e. The molecule has 0 aliphatic rings. The molecule has 2 rings (SSSR count). The number of alkyl halides is 3. The lowest BCUT2D eigenvalue weighted by Crippen LogP contribution is -2.17. The number of nitrogens with zero attached hydrogens (tertiary/aromatic N) is 1. The number of carbonyl (C=O) groups is 2. The number of rotatable bonds is 8. The smallest absolute Gasteiger partial charge is 0.481 e. The van der Waals surface area contributed by atoms with E-state index in [-0.39, 0.29) is 25.1 Å². The summed E-state index contributed by atoms with van der Waals surface area (Å²) in [5.74, 6) is -1.53. The Morgan fingerprint density at radius 3 is 2.26 bits per heavy atom. The second-order valence-electron chi connectivity index (χ2n) is 5.39. The van der Waals surface area contributed by atoms with Crippen molar-refractivity contribution in [1.29, 1.82) is 0 Å². The summed E-state index contributed by atoms with van der Waals surface area (Å²) >= 11 is 3.53. The van der Waals surface area contributed by atoms with Gasteiger partial charge in [-0.25, -0.2) is 4.98 Å². The molecular weight excluding hydrogens is 435 g/mol. The van der Waals surface area contributed by atoms with Crippen molar-refractivity contribution in [1.82, 2.24) is 4.98 Å². The molecule has 7 nitrogen and oxygen atoms in total. The van der Waals surface area contributed by atoms with Gasteiger partial charge in [0.25, 0.3) is 0 Å². The molecule has 11 heteroatoms. The van der Waals surface area contributed by atoms with Crippen LogP contribution < -0.4 is 15.4 Å². The van der Waals surface area contributed by atoms with E-state index in [2.05, 4.69) is 33.0 Å². The Balaban J connectivity index is 0.00000212. The zero-order valence-electron chi connectivity index (χ0n) is 17.4. The van der Waals surface area contributed by atoms with Crippen molar-refractivity contribution in [3.8, 4) is 5.75 Å². The van der Waals surface area contributed by atoms with Crippen LogP contribution in [0.25, 0.3) is 0 Å². The number of carboxylic acids is 1. The van der Waals surface area contributed by atoms with Crippen LogP contribution in [0, 0.1) is 0 Å². The summed E-state index contributed by atoms with van der Waals surface area (Å²) in [5, 5.41) is 14.1. The normalized spacial score (nSPS) is 9.90. The van der Waals surface area contributed by atoms with Crippen molar-refractivity contribution in [3.05, 3.63) is 48.2 Å². The summed E-state index contributed by atoms with van der Waals surface area (Å²) in [7, 11) is 0. The van der Waals surface area contributed by atoms with Gasteiger partial charge in [-0.1, -0.05) is 26.0 Å². The Kier molecular flexibility index (Phi) is 13.5. The number of benzene rings is 1. The minimum atomic E-state index is -4.75. The SMILES string of the molecule is CC.CS.O=C(O)CCC(=O)Nc1cccnc1NCc1ccc(OC(F)(F)F)cc1. The van der Waals surface area contributed by atoms with Crippen molar-refractivity contribution >= 4 is 36.0 Å². The second-order valence-corrected chi connectivity index (χ2v) is 5.39. The van der Waals surface area contributed by atoms with Crippen LogP contribution in [-0.4, -0.2) is 34.6 Å². The lowest BCUT2D eigenvalue weighted by atomic mass is 10.2. The maximum absolute atomic E-state index is 12.1. The first-order valence-electron chi connectivity index (χ1n) is 9.23. The highest BCUT2D eigenvalue weighted by atomic mass is 32.1. The fourth-order valence-corrected chi connectivity index (χ4v) is 2.07. The number of ether oxygens (including phenoxy) is 1. The minimum absolute atomic E-state index is 0.176. The third-order valence-electron chi connectivity index (χ3n) is 3.26. The molecule has 0 bridgehead atoms. The molecule has 2 aromatic rings. The first-order valence-corrected chi connectivity index (χ1v) is 10.1. The fraction of sp³-hybridized carbons (Fsp3) is 0.350. The highest BCUT2D eigenvalue weighted by Gasteiger charge is 2.30. The fourth-order valence-electron chi connectivity index (χ4n) is 2.07.